The van der Waals surface area contributed by atoms with E-state index in [2.05, 4.69) is 10.0 Å². The molecule has 2 N–H and O–H groups in total. The molecule has 1 unspecified atom stereocenters. The van der Waals surface area contributed by atoms with Crippen molar-refractivity contribution in [3.63, 3.8) is 0 Å². The molecule has 0 aliphatic carbocycles. The van der Waals surface area contributed by atoms with Crippen molar-refractivity contribution in [2.45, 2.75) is 24.4 Å². The van der Waals surface area contributed by atoms with Crippen molar-refractivity contribution in [2.24, 2.45) is 0 Å². The first-order valence-electron chi connectivity index (χ1n) is 6.42. The van der Waals surface area contributed by atoms with Gasteiger partial charge in [-0.3, -0.25) is 0 Å². The van der Waals surface area contributed by atoms with E-state index < -0.39 is 10.0 Å². The number of halogens is 1. The molecule has 1 atom stereocenters. The second-order valence-electron chi connectivity index (χ2n) is 4.68. The van der Waals surface area contributed by atoms with E-state index in [1.807, 2.05) is 13.1 Å². The van der Waals surface area contributed by atoms with Crippen LogP contribution in [0.4, 0.5) is 0 Å². The fourth-order valence-electron chi connectivity index (χ4n) is 1.91. The van der Waals surface area contributed by atoms with E-state index in [1.54, 1.807) is 36.6 Å². The maximum absolute atomic E-state index is 12.4. The lowest BCUT2D eigenvalue weighted by molar-refractivity contribution is 0.567. The van der Waals surface area contributed by atoms with Crippen molar-refractivity contribution < 1.29 is 8.42 Å². The second-order valence-corrected chi connectivity index (χ2v) is 7.82. The molecular weight excluding hydrogens is 328 g/mol. The second kappa shape index (κ2) is 6.89. The number of thiophene rings is 1. The van der Waals surface area contributed by atoms with Gasteiger partial charge >= 0.3 is 0 Å². The zero-order chi connectivity index (χ0) is 15.5. The summed E-state index contributed by atoms with van der Waals surface area (Å²) in [6, 6.07) is 8.51. The minimum Gasteiger partial charge on any atom is -0.315 e. The quantitative estimate of drug-likeness (QED) is 0.846. The third-order valence-corrected chi connectivity index (χ3v) is 5.81. The number of hydrogen-bond donors (Lipinski definition) is 2. The van der Waals surface area contributed by atoms with Crippen LogP contribution in [0.15, 0.2) is 40.6 Å². The van der Waals surface area contributed by atoms with Gasteiger partial charge < -0.3 is 5.32 Å². The molecule has 0 bridgehead atoms. The molecule has 1 aromatic heterocycles. The Labute approximate surface area is 134 Å². The van der Waals surface area contributed by atoms with Gasteiger partial charge in [0.1, 0.15) is 0 Å². The molecule has 0 saturated carbocycles. The standard InChI is InChI=1S/C14H17ClN2O2S2/c1-10(11-4-3-5-12(15)6-11)17-21(18,19)14-7-13(8-16-2)20-9-14/h3-7,9-10,16-17H,8H2,1-2H3. The number of rotatable bonds is 6. The molecule has 0 aliphatic rings. The first kappa shape index (κ1) is 16.5. The minimum atomic E-state index is -3.53. The zero-order valence-corrected chi connectivity index (χ0v) is 14.1. The van der Waals surface area contributed by atoms with Crippen LogP contribution in [0.1, 0.15) is 23.4 Å². The van der Waals surface area contributed by atoms with E-state index in [4.69, 9.17) is 11.6 Å². The Hall–Kier alpha value is -0.920. The highest BCUT2D eigenvalue weighted by molar-refractivity contribution is 7.89. The molecule has 0 spiro atoms. The highest BCUT2D eigenvalue weighted by Gasteiger charge is 2.20. The predicted molar refractivity (Wildman–Crippen MR) is 87.3 cm³/mol. The molecule has 4 nitrogen and oxygen atoms in total. The van der Waals surface area contributed by atoms with E-state index in [-0.39, 0.29) is 6.04 Å². The summed E-state index contributed by atoms with van der Waals surface area (Å²) < 4.78 is 27.4. The smallest absolute Gasteiger partial charge is 0.241 e. The lowest BCUT2D eigenvalue weighted by Gasteiger charge is -2.14. The summed E-state index contributed by atoms with van der Waals surface area (Å²) >= 11 is 7.36. The van der Waals surface area contributed by atoms with Crippen LogP contribution < -0.4 is 10.0 Å². The normalized spacial score (nSPS) is 13.3. The monoisotopic (exact) mass is 344 g/mol. The minimum absolute atomic E-state index is 0.298. The van der Waals surface area contributed by atoms with Gasteiger partial charge in [0.05, 0.1) is 4.90 Å². The summed E-state index contributed by atoms with van der Waals surface area (Å²) in [7, 11) is -1.70. The Morgan fingerprint density at radius 2 is 2.10 bits per heavy atom. The number of sulfonamides is 1. The van der Waals surface area contributed by atoms with Crippen LogP contribution in [0.25, 0.3) is 0 Å². The highest BCUT2D eigenvalue weighted by atomic mass is 35.5. The SMILES string of the molecule is CNCc1cc(S(=O)(=O)NC(C)c2cccc(Cl)c2)cs1. The molecule has 0 saturated heterocycles. The lowest BCUT2D eigenvalue weighted by atomic mass is 10.1. The highest BCUT2D eigenvalue weighted by Crippen LogP contribution is 2.23. The van der Waals surface area contributed by atoms with E-state index in [0.29, 0.717) is 16.5 Å². The van der Waals surface area contributed by atoms with Crippen molar-refractivity contribution in [1.82, 2.24) is 10.0 Å². The van der Waals surface area contributed by atoms with E-state index in [9.17, 15) is 8.42 Å². The van der Waals surface area contributed by atoms with Gasteiger partial charge in [0.15, 0.2) is 0 Å². The van der Waals surface area contributed by atoms with Gasteiger partial charge in [0, 0.05) is 27.9 Å². The fourth-order valence-corrected chi connectivity index (χ4v) is 4.63. The summed E-state index contributed by atoms with van der Waals surface area (Å²) in [4.78, 5) is 1.28. The van der Waals surface area contributed by atoms with Crippen molar-refractivity contribution in [3.05, 3.63) is 51.2 Å². The summed E-state index contributed by atoms with van der Waals surface area (Å²) in [6.07, 6.45) is 0. The molecule has 2 aromatic rings. The van der Waals surface area contributed by atoms with E-state index >= 15 is 0 Å². The Bertz CT molecular complexity index is 713. The first-order chi connectivity index (χ1) is 9.92. The molecule has 0 amide bonds. The molecule has 0 fully saturated rings. The molecule has 7 heteroatoms. The Morgan fingerprint density at radius 3 is 2.76 bits per heavy atom. The van der Waals surface area contributed by atoms with Gasteiger partial charge in [-0.2, -0.15) is 0 Å². The van der Waals surface area contributed by atoms with Gasteiger partial charge in [-0.25, -0.2) is 13.1 Å². The molecule has 1 heterocycles. The maximum atomic E-state index is 12.4. The third kappa shape index (κ3) is 4.28. The molecule has 1 aromatic carbocycles. The largest absolute Gasteiger partial charge is 0.315 e. The summed E-state index contributed by atoms with van der Waals surface area (Å²) in [5.41, 5.74) is 0.830. The van der Waals surface area contributed by atoms with Crippen LogP contribution in [0, 0.1) is 0 Å². The Kier molecular flexibility index (Phi) is 5.40. The van der Waals surface area contributed by atoms with Crippen molar-refractivity contribution in [2.75, 3.05) is 7.05 Å². The van der Waals surface area contributed by atoms with Crippen LogP contribution >= 0.6 is 22.9 Å². The third-order valence-electron chi connectivity index (χ3n) is 2.97. The van der Waals surface area contributed by atoms with Crippen molar-refractivity contribution in [3.8, 4) is 0 Å². The first-order valence-corrected chi connectivity index (χ1v) is 9.16. The number of hydrogen-bond acceptors (Lipinski definition) is 4. The molecule has 114 valence electrons. The fraction of sp³-hybridized carbons (Fsp3) is 0.286. The summed E-state index contributed by atoms with van der Waals surface area (Å²) in [5.74, 6) is 0. The van der Waals surface area contributed by atoms with Gasteiger partial charge in [-0.15, -0.1) is 11.3 Å². The Morgan fingerprint density at radius 1 is 1.33 bits per heavy atom. The topological polar surface area (TPSA) is 58.2 Å². The van der Waals surface area contributed by atoms with Gasteiger partial charge in [-0.05, 0) is 37.7 Å². The van der Waals surface area contributed by atoms with Gasteiger partial charge in [0.25, 0.3) is 0 Å². The molecule has 2 rings (SSSR count). The van der Waals surface area contributed by atoms with Crippen molar-refractivity contribution in [1.29, 1.82) is 0 Å². The summed E-state index contributed by atoms with van der Waals surface area (Å²) in [6.45, 7) is 2.45. The van der Waals surface area contributed by atoms with Crippen LogP contribution in [0.3, 0.4) is 0 Å². The van der Waals surface area contributed by atoms with Crippen LogP contribution in [0.5, 0.6) is 0 Å². The van der Waals surface area contributed by atoms with Crippen LogP contribution in [0.2, 0.25) is 5.02 Å². The molecule has 21 heavy (non-hydrogen) atoms. The molecule has 0 aliphatic heterocycles. The Balaban J connectivity index is 2.16. The molecule has 0 radical (unpaired) electrons. The summed E-state index contributed by atoms with van der Waals surface area (Å²) in [5, 5.41) is 5.24. The van der Waals surface area contributed by atoms with Gasteiger partial charge in [-0.1, -0.05) is 23.7 Å². The van der Waals surface area contributed by atoms with E-state index in [1.165, 1.54) is 11.3 Å². The molecular formula is C14H17ClN2O2S2. The van der Waals surface area contributed by atoms with Gasteiger partial charge in [0.2, 0.25) is 10.0 Å². The van der Waals surface area contributed by atoms with E-state index in [0.717, 1.165) is 10.4 Å². The number of benzene rings is 1. The maximum Gasteiger partial charge on any atom is 0.241 e. The van der Waals surface area contributed by atoms with Crippen LogP contribution in [-0.2, 0) is 16.6 Å². The number of nitrogens with one attached hydrogen (secondary N) is 2. The zero-order valence-electron chi connectivity index (χ0n) is 11.8. The van der Waals surface area contributed by atoms with Crippen molar-refractivity contribution >= 4 is 33.0 Å². The van der Waals surface area contributed by atoms with Crippen LogP contribution in [-0.4, -0.2) is 15.5 Å². The average Bonchev–Trinajstić information content (AvgIpc) is 2.88. The lowest BCUT2D eigenvalue weighted by Crippen LogP contribution is -2.26. The predicted octanol–water partition coefficient (Wildman–Crippen LogP) is 3.16. The average molecular weight is 345 g/mol.